The first-order valence-electron chi connectivity index (χ1n) is 5.19. The van der Waals surface area contributed by atoms with Gasteiger partial charge >= 0.3 is 0 Å². The van der Waals surface area contributed by atoms with Crippen molar-refractivity contribution in [3.63, 3.8) is 0 Å². The molecule has 0 saturated heterocycles. The van der Waals surface area contributed by atoms with Gasteiger partial charge in [0.05, 0.1) is 0 Å². The maximum absolute atomic E-state index is 6.10. The molecule has 0 bridgehead atoms. The molecule has 0 aliphatic heterocycles. The molecule has 2 rings (SSSR count). The molecule has 0 amide bonds. The third-order valence-electron chi connectivity index (χ3n) is 2.37. The zero-order valence-electron chi connectivity index (χ0n) is 9.47. The van der Waals surface area contributed by atoms with Crippen molar-refractivity contribution in [2.45, 2.75) is 6.54 Å². The predicted octanol–water partition coefficient (Wildman–Crippen LogP) is 2.35. The second-order valence-electron chi connectivity index (χ2n) is 3.76. The minimum atomic E-state index is 0.619. The summed E-state index contributed by atoms with van der Waals surface area (Å²) in [6, 6.07) is 7.23. The number of nitrogen functional groups attached to an aromatic ring is 1. The van der Waals surface area contributed by atoms with Gasteiger partial charge in [-0.3, -0.25) is 0 Å². The summed E-state index contributed by atoms with van der Waals surface area (Å²) in [5.41, 5.74) is 7.39. The molecule has 88 valence electrons. The fourth-order valence-electron chi connectivity index (χ4n) is 1.53. The fraction of sp³-hybridized carbons (Fsp3) is 0.167. The van der Waals surface area contributed by atoms with Crippen LogP contribution in [0.1, 0.15) is 5.56 Å². The topological polar surface area (TPSA) is 55.0 Å². The lowest BCUT2D eigenvalue weighted by Crippen LogP contribution is -2.19. The summed E-state index contributed by atoms with van der Waals surface area (Å²) in [5.74, 6) is 0.658. The van der Waals surface area contributed by atoms with Crippen molar-refractivity contribution < 1.29 is 0 Å². The minimum absolute atomic E-state index is 0.619. The molecule has 0 aliphatic carbocycles. The number of hydrogen-bond donors (Lipinski definition) is 1. The highest BCUT2D eigenvalue weighted by molar-refractivity contribution is 6.31. The molecule has 0 fully saturated rings. The Balaban J connectivity index is 2.18. The first-order chi connectivity index (χ1) is 8.16. The van der Waals surface area contributed by atoms with E-state index in [0.717, 1.165) is 5.56 Å². The predicted molar refractivity (Wildman–Crippen MR) is 70.0 cm³/mol. The van der Waals surface area contributed by atoms with E-state index in [9.17, 15) is 0 Å². The summed E-state index contributed by atoms with van der Waals surface area (Å²) in [4.78, 5) is 10.3. The normalized spacial score (nSPS) is 10.2. The Morgan fingerprint density at radius 1 is 1.29 bits per heavy atom. The van der Waals surface area contributed by atoms with Crippen molar-refractivity contribution in [2.24, 2.45) is 0 Å². The SMILES string of the molecule is CN(Cc1cc(N)ccc1Cl)c1ncccn1. The molecular weight excluding hydrogens is 236 g/mol. The summed E-state index contributed by atoms with van der Waals surface area (Å²) in [7, 11) is 1.91. The van der Waals surface area contributed by atoms with E-state index in [-0.39, 0.29) is 0 Å². The summed E-state index contributed by atoms with van der Waals surface area (Å²) in [6.07, 6.45) is 3.42. The van der Waals surface area contributed by atoms with Crippen LogP contribution < -0.4 is 10.6 Å². The van der Waals surface area contributed by atoms with Gasteiger partial charge in [0.2, 0.25) is 5.95 Å². The molecule has 1 aromatic carbocycles. The molecule has 4 nitrogen and oxygen atoms in total. The lowest BCUT2D eigenvalue weighted by molar-refractivity contribution is 0.867. The Morgan fingerprint density at radius 2 is 2.00 bits per heavy atom. The third kappa shape index (κ3) is 2.85. The lowest BCUT2D eigenvalue weighted by atomic mass is 10.2. The molecule has 2 aromatic rings. The van der Waals surface area contributed by atoms with Gasteiger partial charge in [-0.15, -0.1) is 0 Å². The number of halogens is 1. The van der Waals surface area contributed by atoms with E-state index in [1.807, 2.05) is 18.0 Å². The molecular formula is C12H13ClN4. The standard InChI is InChI=1S/C12H13ClN4/c1-17(12-15-5-2-6-16-12)8-9-7-10(14)3-4-11(9)13/h2-7H,8,14H2,1H3. The molecule has 0 radical (unpaired) electrons. The second kappa shape index (κ2) is 5.01. The largest absolute Gasteiger partial charge is 0.399 e. The van der Waals surface area contributed by atoms with E-state index in [1.165, 1.54) is 0 Å². The Bertz CT molecular complexity index is 501. The van der Waals surface area contributed by atoms with Gasteiger partial charge in [-0.25, -0.2) is 9.97 Å². The Hall–Kier alpha value is -1.81. The molecule has 0 saturated carbocycles. The number of nitrogens with zero attached hydrogens (tertiary/aromatic N) is 3. The molecule has 1 heterocycles. The summed E-state index contributed by atoms with van der Waals surface area (Å²) in [5, 5.41) is 0.696. The van der Waals surface area contributed by atoms with E-state index in [0.29, 0.717) is 23.2 Å². The lowest BCUT2D eigenvalue weighted by Gasteiger charge is -2.17. The second-order valence-corrected chi connectivity index (χ2v) is 4.16. The highest BCUT2D eigenvalue weighted by Crippen LogP contribution is 2.21. The number of anilines is 2. The van der Waals surface area contributed by atoms with Gasteiger partial charge in [-0.05, 0) is 29.8 Å². The number of hydrogen-bond acceptors (Lipinski definition) is 4. The van der Waals surface area contributed by atoms with Crippen molar-refractivity contribution in [1.82, 2.24) is 9.97 Å². The summed E-state index contributed by atoms with van der Waals surface area (Å²) >= 11 is 6.10. The number of nitrogens with two attached hydrogens (primary N) is 1. The highest BCUT2D eigenvalue weighted by atomic mass is 35.5. The zero-order chi connectivity index (χ0) is 12.3. The van der Waals surface area contributed by atoms with Crippen LogP contribution in [0.4, 0.5) is 11.6 Å². The van der Waals surface area contributed by atoms with Gasteiger partial charge in [-0.1, -0.05) is 11.6 Å². The molecule has 0 aliphatic rings. The first kappa shape index (κ1) is 11.7. The van der Waals surface area contributed by atoms with E-state index in [4.69, 9.17) is 17.3 Å². The van der Waals surface area contributed by atoms with E-state index >= 15 is 0 Å². The van der Waals surface area contributed by atoms with Gasteiger partial charge < -0.3 is 10.6 Å². The average molecular weight is 249 g/mol. The van der Waals surface area contributed by atoms with Crippen LogP contribution in [0.25, 0.3) is 0 Å². The van der Waals surface area contributed by atoms with Gasteiger partial charge in [0.25, 0.3) is 0 Å². The third-order valence-corrected chi connectivity index (χ3v) is 2.74. The molecule has 17 heavy (non-hydrogen) atoms. The maximum atomic E-state index is 6.10. The fourth-order valence-corrected chi connectivity index (χ4v) is 1.71. The average Bonchev–Trinajstić information content (AvgIpc) is 2.35. The minimum Gasteiger partial charge on any atom is -0.399 e. The molecule has 5 heteroatoms. The molecule has 0 unspecified atom stereocenters. The molecule has 0 atom stereocenters. The van der Waals surface area contributed by atoms with Crippen LogP contribution in [-0.2, 0) is 6.54 Å². The number of aromatic nitrogens is 2. The van der Waals surface area contributed by atoms with Crippen molar-refractivity contribution in [2.75, 3.05) is 17.7 Å². The monoisotopic (exact) mass is 248 g/mol. The summed E-state index contributed by atoms with van der Waals surface area (Å²) < 4.78 is 0. The van der Waals surface area contributed by atoms with E-state index in [1.54, 1.807) is 30.6 Å². The quantitative estimate of drug-likeness (QED) is 0.848. The van der Waals surface area contributed by atoms with E-state index < -0.39 is 0 Å². The van der Waals surface area contributed by atoms with Gasteiger partial charge in [-0.2, -0.15) is 0 Å². The maximum Gasteiger partial charge on any atom is 0.225 e. The van der Waals surface area contributed by atoms with E-state index in [2.05, 4.69) is 9.97 Å². The molecule has 1 aromatic heterocycles. The Kier molecular flexibility index (Phi) is 3.44. The van der Waals surface area contributed by atoms with Crippen molar-refractivity contribution in [3.8, 4) is 0 Å². The smallest absolute Gasteiger partial charge is 0.225 e. The van der Waals surface area contributed by atoms with Crippen LogP contribution in [0.2, 0.25) is 5.02 Å². The van der Waals surface area contributed by atoms with Crippen LogP contribution in [-0.4, -0.2) is 17.0 Å². The Labute approximate surface area is 105 Å². The molecule has 2 N–H and O–H groups in total. The first-order valence-corrected chi connectivity index (χ1v) is 5.56. The van der Waals surface area contributed by atoms with Crippen molar-refractivity contribution in [3.05, 3.63) is 47.2 Å². The van der Waals surface area contributed by atoms with Crippen LogP contribution in [0.5, 0.6) is 0 Å². The van der Waals surface area contributed by atoms with Gasteiger partial charge in [0, 0.05) is 36.7 Å². The van der Waals surface area contributed by atoms with Crippen LogP contribution in [0, 0.1) is 0 Å². The van der Waals surface area contributed by atoms with Gasteiger partial charge in [0.15, 0.2) is 0 Å². The van der Waals surface area contributed by atoms with Crippen LogP contribution in [0.3, 0.4) is 0 Å². The summed E-state index contributed by atoms with van der Waals surface area (Å²) in [6.45, 7) is 0.619. The van der Waals surface area contributed by atoms with Crippen molar-refractivity contribution >= 4 is 23.2 Å². The highest BCUT2D eigenvalue weighted by Gasteiger charge is 2.07. The van der Waals surface area contributed by atoms with Crippen LogP contribution in [0.15, 0.2) is 36.7 Å². The Morgan fingerprint density at radius 3 is 2.71 bits per heavy atom. The number of rotatable bonds is 3. The van der Waals surface area contributed by atoms with Crippen molar-refractivity contribution in [1.29, 1.82) is 0 Å². The van der Waals surface area contributed by atoms with Gasteiger partial charge in [0.1, 0.15) is 0 Å². The number of benzene rings is 1. The molecule has 0 spiro atoms. The zero-order valence-corrected chi connectivity index (χ0v) is 10.2. The van der Waals surface area contributed by atoms with Crippen LogP contribution >= 0.6 is 11.6 Å².